The van der Waals surface area contributed by atoms with Crippen LogP contribution in [0.3, 0.4) is 0 Å². The van der Waals surface area contributed by atoms with E-state index >= 15 is 0 Å². The lowest BCUT2D eigenvalue weighted by Gasteiger charge is -2.28. The SMILES string of the molecule is CC(C)N1CCCNC(c2ccc3nc(-c4cccc(Cl)c4)n(CC(=O)OC(C)(C)C)c(=O)c3c2)C1. The second-order valence-corrected chi connectivity index (χ2v) is 11.1. The normalized spacial score (nSPS) is 17.4. The smallest absolute Gasteiger partial charge is 0.326 e. The summed E-state index contributed by atoms with van der Waals surface area (Å²) in [5.74, 6) is -0.115. The molecule has 1 atom stereocenters. The van der Waals surface area contributed by atoms with E-state index in [0.29, 0.717) is 33.4 Å². The van der Waals surface area contributed by atoms with Gasteiger partial charge in [-0.3, -0.25) is 19.1 Å². The summed E-state index contributed by atoms with van der Waals surface area (Å²) in [7, 11) is 0. The number of hydrogen-bond acceptors (Lipinski definition) is 6. The number of halogens is 1. The van der Waals surface area contributed by atoms with Crippen molar-refractivity contribution in [1.82, 2.24) is 19.8 Å². The molecule has 0 spiro atoms. The third-order valence-electron chi connectivity index (χ3n) is 6.33. The Morgan fingerprint density at radius 3 is 2.69 bits per heavy atom. The molecule has 7 nitrogen and oxygen atoms in total. The Hall–Kier alpha value is -2.74. The molecule has 1 aliphatic heterocycles. The fourth-order valence-electron chi connectivity index (χ4n) is 4.59. The Labute approximate surface area is 217 Å². The summed E-state index contributed by atoms with van der Waals surface area (Å²) in [5, 5.41) is 4.62. The van der Waals surface area contributed by atoms with Crippen molar-refractivity contribution in [2.75, 3.05) is 19.6 Å². The van der Waals surface area contributed by atoms with Gasteiger partial charge in [-0.2, -0.15) is 0 Å². The molecule has 1 N–H and O–H groups in total. The Balaban J connectivity index is 1.81. The summed E-state index contributed by atoms with van der Waals surface area (Å²) in [6.07, 6.45) is 1.08. The first-order valence-corrected chi connectivity index (χ1v) is 12.9. The second-order valence-electron chi connectivity index (χ2n) is 10.6. The molecule has 1 fully saturated rings. The van der Waals surface area contributed by atoms with Crippen LogP contribution in [0, 0.1) is 0 Å². The third kappa shape index (κ3) is 6.14. The average molecular weight is 511 g/mol. The first kappa shape index (κ1) is 26.3. The van der Waals surface area contributed by atoms with E-state index in [9.17, 15) is 9.59 Å². The van der Waals surface area contributed by atoms with Gasteiger partial charge in [0.1, 0.15) is 18.0 Å². The van der Waals surface area contributed by atoms with Crippen molar-refractivity contribution < 1.29 is 9.53 Å². The second kappa shape index (κ2) is 10.7. The molecule has 1 unspecified atom stereocenters. The molecule has 0 saturated carbocycles. The molecule has 0 amide bonds. The van der Waals surface area contributed by atoms with Crippen molar-refractivity contribution >= 4 is 28.5 Å². The highest BCUT2D eigenvalue weighted by molar-refractivity contribution is 6.30. The van der Waals surface area contributed by atoms with Gasteiger partial charge in [0.25, 0.3) is 5.56 Å². The molecule has 3 aromatic rings. The van der Waals surface area contributed by atoms with Gasteiger partial charge in [-0.25, -0.2) is 4.98 Å². The quantitative estimate of drug-likeness (QED) is 0.497. The van der Waals surface area contributed by atoms with Gasteiger partial charge >= 0.3 is 5.97 Å². The van der Waals surface area contributed by atoms with Gasteiger partial charge in [0.2, 0.25) is 0 Å². The van der Waals surface area contributed by atoms with E-state index in [0.717, 1.165) is 31.6 Å². The molecule has 2 heterocycles. The lowest BCUT2D eigenvalue weighted by molar-refractivity contribution is -0.155. The number of fused-ring (bicyclic) bond motifs is 1. The number of carbonyl (C=O) groups excluding carboxylic acids is 1. The van der Waals surface area contributed by atoms with Crippen LogP contribution in [0.1, 0.15) is 52.6 Å². The molecule has 0 radical (unpaired) electrons. The predicted octanol–water partition coefficient (Wildman–Crippen LogP) is 4.80. The Morgan fingerprint density at radius 1 is 1.22 bits per heavy atom. The molecule has 0 aliphatic carbocycles. The van der Waals surface area contributed by atoms with Gasteiger partial charge in [-0.05, 0) is 84.0 Å². The lowest BCUT2D eigenvalue weighted by atomic mass is 10.0. The number of benzene rings is 2. The third-order valence-corrected chi connectivity index (χ3v) is 6.57. The Bertz CT molecular complexity index is 1310. The maximum atomic E-state index is 13.8. The Morgan fingerprint density at radius 2 is 2.00 bits per heavy atom. The molecule has 0 bridgehead atoms. The number of aromatic nitrogens is 2. The van der Waals surface area contributed by atoms with Crippen molar-refractivity contribution in [3.05, 3.63) is 63.4 Å². The van der Waals surface area contributed by atoms with Crippen LogP contribution in [0.4, 0.5) is 0 Å². The van der Waals surface area contributed by atoms with Crippen LogP contribution in [0.25, 0.3) is 22.3 Å². The summed E-state index contributed by atoms with van der Waals surface area (Å²) in [5.41, 5.74) is 1.33. The van der Waals surface area contributed by atoms with Crippen LogP contribution >= 0.6 is 11.6 Å². The van der Waals surface area contributed by atoms with Gasteiger partial charge in [-0.15, -0.1) is 0 Å². The zero-order chi connectivity index (χ0) is 26.0. The van der Waals surface area contributed by atoms with E-state index in [1.165, 1.54) is 4.57 Å². The van der Waals surface area contributed by atoms with Crippen molar-refractivity contribution in [2.45, 2.75) is 65.3 Å². The van der Waals surface area contributed by atoms with Crippen molar-refractivity contribution in [2.24, 2.45) is 0 Å². The fourth-order valence-corrected chi connectivity index (χ4v) is 4.78. The summed E-state index contributed by atoms with van der Waals surface area (Å²) in [6.45, 7) is 12.4. The number of nitrogens with zero attached hydrogens (tertiary/aromatic N) is 3. The van der Waals surface area contributed by atoms with E-state index in [-0.39, 0.29) is 18.1 Å². The molecular formula is C28H35ClN4O3. The largest absolute Gasteiger partial charge is 0.459 e. The molecule has 1 aliphatic rings. The Kier molecular flexibility index (Phi) is 7.83. The van der Waals surface area contributed by atoms with Crippen molar-refractivity contribution in [1.29, 1.82) is 0 Å². The minimum Gasteiger partial charge on any atom is -0.459 e. The topological polar surface area (TPSA) is 76.5 Å². The number of ether oxygens (including phenoxy) is 1. The predicted molar refractivity (Wildman–Crippen MR) is 144 cm³/mol. The zero-order valence-corrected chi connectivity index (χ0v) is 22.4. The van der Waals surface area contributed by atoms with Gasteiger partial charge in [0.05, 0.1) is 10.9 Å². The van der Waals surface area contributed by atoms with Crippen molar-refractivity contribution in [3.63, 3.8) is 0 Å². The van der Waals surface area contributed by atoms with Crippen LogP contribution in [-0.4, -0.2) is 51.7 Å². The summed E-state index contributed by atoms with van der Waals surface area (Å²) >= 11 is 6.23. The van der Waals surface area contributed by atoms with Crippen molar-refractivity contribution in [3.8, 4) is 11.4 Å². The standard InChI is InChI=1S/C28H35ClN4O3/c1-18(2)32-13-7-12-30-24(16-32)19-10-11-23-22(15-19)27(35)33(17-25(34)36-28(3,4)5)26(31-23)20-8-6-9-21(29)14-20/h6,8-11,14-15,18,24,30H,7,12-13,16-17H2,1-5H3. The first-order chi connectivity index (χ1) is 17.0. The molecule has 8 heteroatoms. The molecule has 192 valence electrons. The van der Waals surface area contributed by atoms with Crippen LogP contribution in [0.5, 0.6) is 0 Å². The van der Waals surface area contributed by atoms with Crippen LogP contribution < -0.4 is 10.9 Å². The summed E-state index contributed by atoms with van der Waals surface area (Å²) in [4.78, 5) is 33.9. The van der Waals surface area contributed by atoms with E-state index in [1.807, 2.05) is 24.3 Å². The van der Waals surface area contributed by atoms with E-state index < -0.39 is 11.6 Å². The summed E-state index contributed by atoms with van der Waals surface area (Å²) < 4.78 is 6.92. The molecular weight excluding hydrogens is 476 g/mol. The van der Waals surface area contributed by atoms with E-state index in [4.69, 9.17) is 21.3 Å². The number of esters is 1. The maximum absolute atomic E-state index is 13.8. The molecule has 4 rings (SSSR count). The fraction of sp³-hybridized carbons (Fsp3) is 0.464. The lowest BCUT2D eigenvalue weighted by Crippen LogP contribution is -2.36. The minimum absolute atomic E-state index is 0.102. The number of hydrogen-bond donors (Lipinski definition) is 1. The highest BCUT2D eigenvalue weighted by atomic mass is 35.5. The number of carbonyl (C=O) groups is 1. The zero-order valence-electron chi connectivity index (χ0n) is 21.7. The van der Waals surface area contributed by atoms with Crippen LogP contribution in [0.15, 0.2) is 47.3 Å². The number of nitrogens with one attached hydrogen (secondary N) is 1. The number of rotatable bonds is 5. The van der Waals surface area contributed by atoms with Crippen LogP contribution in [0.2, 0.25) is 5.02 Å². The highest BCUT2D eigenvalue weighted by Gasteiger charge is 2.24. The molecule has 2 aromatic carbocycles. The van der Waals surface area contributed by atoms with Gasteiger partial charge < -0.3 is 10.1 Å². The van der Waals surface area contributed by atoms with Gasteiger partial charge in [-0.1, -0.05) is 29.8 Å². The monoisotopic (exact) mass is 510 g/mol. The maximum Gasteiger partial charge on any atom is 0.326 e. The average Bonchev–Trinajstić information content (AvgIpc) is 3.06. The molecule has 36 heavy (non-hydrogen) atoms. The molecule has 1 aromatic heterocycles. The summed E-state index contributed by atoms with van der Waals surface area (Å²) in [6, 6.07) is 13.5. The van der Waals surface area contributed by atoms with Gasteiger partial charge in [0.15, 0.2) is 0 Å². The van der Waals surface area contributed by atoms with Crippen LogP contribution in [-0.2, 0) is 16.1 Å². The highest BCUT2D eigenvalue weighted by Crippen LogP contribution is 2.25. The minimum atomic E-state index is -0.665. The van der Waals surface area contributed by atoms with E-state index in [1.54, 1.807) is 39.0 Å². The first-order valence-electron chi connectivity index (χ1n) is 12.5. The van der Waals surface area contributed by atoms with E-state index in [2.05, 4.69) is 24.1 Å². The van der Waals surface area contributed by atoms with Gasteiger partial charge in [0, 0.05) is 29.2 Å². The molecule has 1 saturated heterocycles.